The van der Waals surface area contributed by atoms with Gasteiger partial charge in [0.05, 0.1) is 0 Å². The maximum absolute atomic E-state index is 14.7. The van der Waals surface area contributed by atoms with Gasteiger partial charge in [-0.2, -0.15) is 13.2 Å². The number of aliphatic carboxylic acids is 1. The molecule has 12 heteroatoms. The number of amides is 1. The minimum Gasteiger partial charge on any atom is -0.475 e. The van der Waals surface area contributed by atoms with Crippen molar-refractivity contribution in [2.75, 3.05) is 33.0 Å². The number of piperazine rings is 1. The minimum atomic E-state index is -5.08. The highest BCUT2D eigenvalue weighted by Crippen LogP contribution is 2.32. The van der Waals surface area contributed by atoms with Crippen molar-refractivity contribution < 1.29 is 41.7 Å². The van der Waals surface area contributed by atoms with Gasteiger partial charge in [-0.1, -0.05) is 24.3 Å². The third-order valence-corrected chi connectivity index (χ3v) is 6.21. The number of ether oxygens (including phenoxy) is 2. The number of alkyl halides is 3. The van der Waals surface area contributed by atoms with Crippen molar-refractivity contribution in [2.24, 2.45) is 0 Å². The lowest BCUT2D eigenvalue weighted by atomic mass is 10.00. The van der Waals surface area contributed by atoms with E-state index in [1.165, 1.54) is 6.07 Å². The van der Waals surface area contributed by atoms with Crippen LogP contribution in [-0.2, 0) is 17.9 Å². The van der Waals surface area contributed by atoms with Crippen LogP contribution in [0.4, 0.5) is 17.6 Å². The summed E-state index contributed by atoms with van der Waals surface area (Å²) in [7, 11) is 0. The molecule has 40 heavy (non-hydrogen) atoms. The minimum absolute atomic E-state index is 0.162. The number of nitrogens with zero attached hydrogens (tertiary/aromatic N) is 1. The van der Waals surface area contributed by atoms with Crippen LogP contribution in [0.1, 0.15) is 21.5 Å². The van der Waals surface area contributed by atoms with E-state index in [0.29, 0.717) is 29.2 Å². The molecule has 0 saturated carbocycles. The van der Waals surface area contributed by atoms with Crippen LogP contribution in [0.2, 0.25) is 0 Å². The van der Waals surface area contributed by atoms with Crippen molar-refractivity contribution in [3.05, 3.63) is 83.2 Å². The average Bonchev–Trinajstić information content (AvgIpc) is 3.41. The fourth-order valence-corrected chi connectivity index (χ4v) is 4.19. The Bertz CT molecular complexity index is 1360. The number of carboxylic acid groups (broad SMARTS) is 1. The van der Waals surface area contributed by atoms with Crippen molar-refractivity contribution in [3.63, 3.8) is 0 Å². The first-order chi connectivity index (χ1) is 19.1. The highest BCUT2D eigenvalue weighted by molar-refractivity contribution is 5.94. The van der Waals surface area contributed by atoms with E-state index in [9.17, 15) is 22.4 Å². The van der Waals surface area contributed by atoms with Gasteiger partial charge in [-0.15, -0.1) is 0 Å². The van der Waals surface area contributed by atoms with E-state index in [-0.39, 0.29) is 18.5 Å². The topological polar surface area (TPSA) is 100 Å². The first kappa shape index (κ1) is 28.8. The van der Waals surface area contributed by atoms with Crippen LogP contribution in [0.5, 0.6) is 11.5 Å². The molecule has 0 unspecified atom stereocenters. The Morgan fingerprint density at radius 1 is 0.950 bits per heavy atom. The third-order valence-electron chi connectivity index (χ3n) is 6.21. The number of fused-ring (bicyclic) bond motifs is 1. The van der Waals surface area contributed by atoms with Crippen molar-refractivity contribution in [3.8, 4) is 22.6 Å². The molecule has 1 saturated heterocycles. The predicted molar refractivity (Wildman–Crippen MR) is 137 cm³/mol. The number of nitrogens with one attached hydrogen (secondary N) is 2. The van der Waals surface area contributed by atoms with E-state index in [1.807, 2.05) is 12.1 Å². The molecule has 0 bridgehead atoms. The van der Waals surface area contributed by atoms with Gasteiger partial charge >= 0.3 is 12.1 Å². The van der Waals surface area contributed by atoms with E-state index >= 15 is 0 Å². The van der Waals surface area contributed by atoms with E-state index in [0.717, 1.165) is 49.4 Å². The van der Waals surface area contributed by atoms with E-state index < -0.39 is 12.1 Å². The largest absolute Gasteiger partial charge is 0.490 e. The summed E-state index contributed by atoms with van der Waals surface area (Å²) in [6, 6.07) is 18.1. The molecule has 0 aromatic heterocycles. The first-order valence-electron chi connectivity index (χ1n) is 12.4. The average molecular weight is 562 g/mol. The number of carbonyl (C=O) groups is 2. The Morgan fingerprint density at radius 3 is 2.40 bits per heavy atom. The maximum Gasteiger partial charge on any atom is 0.490 e. The van der Waals surface area contributed by atoms with Crippen molar-refractivity contribution in [1.82, 2.24) is 15.5 Å². The molecule has 8 nitrogen and oxygen atoms in total. The molecule has 0 spiro atoms. The van der Waals surface area contributed by atoms with Gasteiger partial charge < -0.3 is 25.2 Å². The number of carboxylic acids is 1. The van der Waals surface area contributed by atoms with Crippen molar-refractivity contribution in [1.29, 1.82) is 0 Å². The Balaban J connectivity index is 0.000000470. The summed E-state index contributed by atoms with van der Waals surface area (Å²) in [5.41, 5.74) is 3.85. The molecule has 0 radical (unpaired) electrons. The molecule has 3 aromatic rings. The van der Waals surface area contributed by atoms with Gasteiger partial charge in [-0.05, 0) is 53.1 Å². The van der Waals surface area contributed by atoms with Crippen LogP contribution >= 0.6 is 0 Å². The second-order valence-electron chi connectivity index (χ2n) is 9.09. The number of hydrogen-bond donors (Lipinski definition) is 3. The Kier molecular flexibility index (Phi) is 9.22. The highest BCUT2D eigenvalue weighted by Gasteiger charge is 2.38. The maximum atomic E-state index is 14.7. The number of hydrogen-bond acceptors (Lipinski definition) is 6. The molecule has 2 aliphatic heterocycles. The Labute approximate surface area is 227 Å². The zero-order valence-corrected chi connectivity index (χ0v) is 21.3. The van der Waals surface area contributed by atoms with Crippen molar-refractivity contribution in [2.45, 2.75) is 19.3 Å². The normalized spacial score (nSPS) is 14.7. The quantitative estimate of drug-likeness (QED) is 0.388. The second kappa shape index (κ2) is 12.8. The van der Waals surface area contributed by atoms with Gasteiger partial charge in [0.1, 0.15) is 5.82 Å². The molecule has 1 fully saturated rings. The van der Waals surface area contributed by atoms with E-state index in [1.54, 1.807) is 30.3 Å². The van der Waals surface area contributed by atoms with Gasteiger partial charge in [-0.3, -0.25) is 9.69 Å². The number of carbonyl (C=O) groups excluding carboxylic acids is 1. The lowest BCUT2D eigenvalue weighted by Gasteiger charge is -2.27. The molecule has 2 heterocycles. The zero-order chi connectivity index (χ0) is 28.7. The summed E-state index contributed by atoms with van der Waals surface area (Å²) in [4.78, 5) is 23.9. The second-order valence-corrected chi connectivity index (χ2v) is 9.09. The SMILES string of the molecule is O=C(NCc1ccc(F)c(-c2cccc(CN3CCNCC3)c2)c1)c1ccc2c(c1)OCO2.O=C(O)C(F)(F)F. The van der Waals surface area contributed by atoms with Crippen LogP contribution in [-0.4, -0.2) is 61.0 Å². The van der Waals surface area contributed by atoms with Gasteiger partial charge in [0.25, 0.3) is 5.91 Å². The molecule has 1 amide bonds. The Morgan fingerprint density at radius 2 is 1.68 bits per heavy atom. The first-order valence-corrected chi connectivity index (χ1v) is 12.4. The van der Waals surface area contributed by atoms with Crippen LogP contribution in [0.25, 0.3) is 11.1 Å². The van der Waals surface area contributed by atoms with Gasteiger partial charge in [-0.25, -0.2) is 9.18 Å². The fourth-order valence-electron chi connectivity index (χ4n) is 4.19. The van der Waals surface area contributed by atoms with Gasteiger partial charge in [0, 0.05) is 50.4 Å². The molecule has 2 aliphatic rings. The third kappa shape index (κ3) is 7.70. The molecular weight excluding hydrogens is 534 g/mol. The fraction of sp³-hybridized carbons (Fsp3) is 0.286. The molecular formula is C28H27F4N3O5. The number of benzene rings is 3. The van der Waals surface area contributed by atoms with E-state index in [4.69, 9.17) is 19.4 Å². The van der Waals surface area contributed by atoms with E-state index in [2.05, 4.69) is 27.7 Å². The van der Waals surface area contributed by atoms with Crippen LogP contribution in [0.3, 0.4) is 0 Å². The highest BCUT2D eigenvalue weighted by atomic mass is 19.4. The summed E-state index contributed by atoms with van der Waals surface area (Å²) < 4.78 is 57.1. The summed E-state index contributed by atoms with van der Waals surface area (Å²) in [6.45, 7) is 5.32. The molecule has 0 atom stereocenters. The van der Waals surface area contributed by atoms with Gasteiger partial charge in [0.2, 0.25) is 6.79 Å². The standard InChI is InChI=1S/C26H26FN3O3.C2HF3O2/c27-23-6-4-18(15-29-26(31)21-5-7-24-25(14-21)33-17-32-24)13-22(23)20-3-1-2-19(12-20)16-30-10-8-28-9-11-30;3-2(4,5)1(6)7/h1-7,12-14,28H,8-11,15-17H2,(H,29,31);(H,6,7). The smallest absolute Gasteiger partial charge is 0.475 e. The van der Waals surface area contributed by atoms with Crippen LogP contribution in [0, 0.1) is 5.82 Å². The summed E-state index contributed by atoms with van der Waals surface area (Å²) >= 11 is 0. The molecule has 212 valence electrons. The lowest BCUT2D eigenvalue weighted by Crippen LogP contribution is -2.42. The van der Waals surface area contributed by atoms with Crippen LogP contribution < -0.4 is 20.1 Å². The number of halogens is 4. The lowest BCUT2D eigenvalue weighted by molar-refractivity contribution is -0.192. The summed E-state index contributed by atoms with van der Waals surface area (Å²) in [6.07, 6.45) is -5.08. The summed E-state index contributed by atoms with van der Waals surface area (Å²) in [5, 5.41) is 13.4. The Hall–Kier alpha value is -4.16. The molecule has 3 N–H and O–H groups in total. The van der Waals surface area contributed by atoms with Crippen LogP contribution in [0.15, 0.2) is 60.7 Å². The molecule has 5 rings (SSSR count). The van der Waals surface area contributed by atoms with Gasteiger partial charge in [0.15, 0.2) is 11.5 Å². The zero-order valence-electron chi connectivity index (χ0n) is 21.3. The number of rotatable bonds is 6. The van der Waals surface area contributed by atoms with Crippen molar-refractivity contribution >= 4 is 11.9 Å². The predicted octanol–water partition coefficient (Wildman–Crippen LogP) is 4.19. The molecule has 0 aliphatic carbocycles. The molecule has 3 aromatic carbocycles. The monoisotopic (exact) mass is 561 g/mol. The summed E-state index contributed by atoms with van der Waals surface area (Å²) in [5.74, 6) is -2.06.